The predicted molar refractivity (Wildman–Crippen MR) is 126 cm³/mol. The Hall–Kier alpha value is -2.00. The van der Waals surface area contributed by atoms with Crippen LogP contribution in [0.5, 0.6) is 11.5 Å². The first kappa shape index (κ1) is 22.2. The first-order valence-electron chi connectivity index (χ1n) is 12.2. The molecule has 2 aromatic carbocycles. The van der Waals surface area contributed by atoms with Crippen molar-refractivity contribution in [1.29, 1.82) is 0 Å². The van der Waals surface area contributed by atoms with Gasteiger partial charge in [-0.15, -0.1) is 0 Å². The summed E-state index contributed by atoms with van der Waals surface area (Å²) in [6, 6.07) is 17.3. The maximum atomic E-state index is 9.76. The molecule has 0 spiro atoms. The summed E-state index contributed by atoms with van der Waals surface area (Å²) in [4.78, 5) is 0. The van der Waals surface area contributed by atoms with Crippen molar-refractivity contribution in [2.45, 2.75) is 76.2 Å². The molecule has 0 heterocycles. The zero-order valence-corrected chi connectivity index (χ0v) is 19.1. The Kier molecular flexibility index (Phi) is 7.55. The third-order valence-corrected chi connectivity index (χ3v) is 7.52. The molecular weight excluding hydrogens is 384 g/mol. The quantitative estimate of drug-likeness (QED) is 0.526. The number of para-hydroxylation sites is 1. The van der Waals surface area contributed by atoms with Crippen molar-refractivity contribution < 1.29 is 14.6 Å². The van der Waals surface area contributed by atoms with Gasteiger partial charge in [0.2, 0.25) is 0 Å². The molecule has 3 heteroatoms. The van der Waals surface area contributed by atoms with Crippen LogP contribution in [0.2, 0.25) is 0 Å². The van der Waals surface area contributed by atoms with E-state index in [9.17, 15) is 5.11 Å². The van der Waals surface area contributed by atoms with Gasteiger partial charge in [0.25, 0.3) is 0 Å². The van der Waals surface area contributed by atoms with Gasteiger partial charge < -0.3 is 14.6 Å². The Balaban J connectivity index is 1.42. The number of benzene rings is 2. The molecule has 0 bridgehead atoms. The Morgan fingerprint density at radius 2 is 1.65 bits per heavy atom. The molecular formula is C28H38O3. The van der Waals surface area contributed by atoms with Crippen molar-refractivity contribution in [2.75, 3.05) is 13.7 Å². The molecule has 2 aromatic rings. The fraction of sp³-hybridized carbons (Fsp3) is 0.571. The van der Waals surface area contributed by atoms with Crippen LogP contribution in [0.25, 0.3) is 0 Å². The van der Waals surface area contributed by atoms with E-state index in [0.29, 0.717) is 23.7 Å². The predicted octanol–water partition coefficient (Wildman–Crippen LogP) is 6.70. The highest BCUT2D eigenvalue weighted by Gasteiger charge is 2.28. The zero-order valence-electron chi connectivity index (χ0n) is 19.1. The molecule has 1 N–H and O–H groups in total. The van der Waals surface area contributed by atoms with Gasteiger partial charge in [0.15, 0.2) is 0 Å². The normalized spacial score (nSPS) is 29.2. The van der Waals surface area contributed by atoms with Crippen LogP contribution in [0.15, 0.2) is 48.5 Å². The topological polar surface area (TPSA) is 38.7 Å². The van der Waals surface area contributed by atoms with Crippen LogP contribution in [-0.4, -0.2) is 24.9 Å². The van der Waals surface area contributed by atoms with E-state index in [4.69, 9.17) is 9.47 Å². The number of hydrogen-bond donors (Lipinski definition) is 1. The lowest BCUT2D eigenvalue weighted by atomic mass is 9.76. The maximum absolute atomic E-state index is 9.76. The molecule has 0 radical (unpaired) electrons. The number of aliphatic hydroxyl groups is 1. The lowest BCUT2D eigenvalue weighted by molar-refractivity contribution is 0.134. The van der Waals surface area contributed by atoms with E-state index in [1.54, 1.807) is 7.11 Å². The van der Waals surface area contributed by atoms with Crippen molar-refractivity contribution >= 4 is 0 Å². The van der Waals surface area contributed by atoms with Crippen molar-refractivity contribution in [2.24, 2.45) is 11.8 Å². The second kappa shape index (κ2) is 10.5. The molecule has 3 atom stereocenters. The van der Waals surface area contributed by atoms with Gasteiger partial charge in [-0.3, -0.25) is 0 Å². The fourth-order valence-electron chi connectivity index (χ4n) is 5.74. The number of methoxy groups -OCH3 is 1. The summed E-state index contributed by atoms with van der Waals surface area (Å²) in [6.45, 7) is 2.58. The molecule has 0 saturated heterocycles. The van der Waals surface area contributed by atoms with Gasteiger partial charge in [0.05, 0.1) is 13.2 Å². The third-order valence-electron chi connectivity index (χ3n) is 7.52. The molecule has 31 heavy (non-hydrogen) atoms. The molecule has 0 aliphatic heterocycles. The van der Waals surface area contributed by atoms with Crippen LogP contribution in [-0.2, 0) is 0 Å². The molecule has 4 rings (SSSR count). The van der Waals surface area contributed by atoms with Gasteiger partial charge in [-0.25, -0.2) is 0 Å². The Morgan fingerprint density at radius 3 is 2.42 bits per heavy atom. The Morgan fingerprint density at radius 1 is 0.871 bits per heavy atom. The molecule has 2 fully saturated rings. The first-order chi connectivity index (χ1) is 15.2. The number of aliphatic hydroxyl groups excluding tert-OH is 1. The molecule has 168 valence electrons. The summed E-state index contributed by atoms with van der Waals surface area (Å²) in [5.41, 5.74) is 2.79. The van der Waals surface area contributed by atoms with Gasteiger partial charge in [-0.1, -0.05) is 37.3 Å². The second-order valence-electron chi connectivity index (χ2n) is 9.81. The SMILES string of the molecule is COc1cccc(C2CCC(c3ccccc3OC3CCC(C)CC(CO)C3)CC2)c1. The van der Waals surface area contributed by atoms with Gasteiger partial charge in [-0.05, 0) is 104 Å². The lowest BCUT2D eigenvalue weighted by Crippen LogP contribution is -2.21. The molecule has 2 saturated carbocycles. The summed E-state index contributed by atoms with van der Waals surface area (Å²) in [5.74, 6) is 4.26. The Labute approximate surface area is 187 Å². The van der Waals surface area contributed by atoms with Crippen molar-refractivity contribution in [3.8, 4) is 11.5 Å². The first-order valence-corrected chi connectivity index (χ1v) is 12.2. The molecule has 2 aliphatic rings. The molecule has 3 unspecified atom stereocenters. The van der Waals surface area contributed by atoms with Crippen molar-refractivity contribution in [1.82, 2.24) is 0 Å². The summed E-state index contributed by atoms with van der Waals surface area (Å²) in [6.07, 6.45) is 9.40. The highest BCUT2D eigenvalue weighted by molar-refractivity contribution is 5.37. The van der Waals surface area contributed by atoms with Crippen LogP contribution in [0.1, 0.15) is 81.3 Å². The van der Waals surface area contributed by atoms with E-state index >= 15 is 0 Å². The van der Waals surface area contributed by atoms with Crippen LogP contribution < -0.4 is 9.47 Å². The molecule has 3 nitrogen and oxygen atoms in total. The molecule has 2 aliphatic carbocycles. The minimum atomic E-state index is 0.219. The summed E-state index contributed by atoms with van der Waals surface area (Å²) >= 11 is 0. The van der Waals surface area contributed by atoms with Gasteiger partial charge in [0.1, 0.15) is 11.5 Å². The highest BCUT2D eigenvalue weighted by Crippen LogP contribution is 2.44. The zero-order chi connectivity index (χ0) is 21.6. The summed E-state index contributed by atoms with van der Waals surface area (Å²) in [5, 5.41) is 9.76. The fourth-order valence-corrected chi connectivity index (χ4v) is 5.74. The largest absolute Gasteiger partial charge is 0.497 e. The van der Waals surface area contributed by atoms with E-state index in [1.807, 2.05) is 6.07 Å². The van der Waals surface area contributed by atoms with E-state index in [-0.39, 0.29) is 12.7 Å². The Bertz CT molecular complexity index is 825. The second-order valence-corrected chi connectivity index (χ2v) is 9.81. The number of rotatable bonds is 6. The summed E-state index contributed by atoms with van der Waals surface area (Å²) < 4.78 is 12.0. The van der Waals surface area contributed by atoms with Crippen molar-refractivity contribution in [3.63, 3.8) is 0 Å². The average molecular weight is 423 g/mol. The van der Waals surface area contributed by atoms with Crippen LogP contribution >= 0.6 is 0 Å². The van der Waals surface area contributed by atoms with E-state index in [0.717, 1.165) is 30.8 Å². The minimum Gasteiger partial charge on any atom is -0.497 e. The van der Waals surface area contributed by atoms with Crippen LogP contribution in [0.3, 0.4) is 0 Å². The maximum Gasteiger partial charge on any atom is 0.123 e. The summed E-state index contributed by atoms with van der Waals surface area (Å²) in [7, 11) is 1.74. The van der Waals surface area contributed by atoms with Crippen molar-refractivity contribution in [3.05, 3.63) is 59.7 Å². The van der Waals surface area contributed by atoms with E-state index < -0.39 is 0 Å². The van der Waals surface area contributed by atoms with Crippen LogP contribution in [0, 0.1) is 11.8 Å². The molecule has 0 amide bonds. The number of hydrogen-bond acceptors (Lipinski definition) is 3. The number of ether oxygens (including phenoxy) is 2. The monoisotopic (exact) mass is 422 g/mol. The third kappa shape index (κ3) is 5.63. The van der Waals surface area contributed by atoms with Gasteiger partial charge in [0, 0.05) is 6.61 Å². The molecule has 0 aromatic heterocycles. The van der Waals surface area contributed by atoms with Crippen LogP contribution in [0.4, 0.5) is 0 Å². The lowest BCUT2D eigenvalue weighted by Gasteiger charge is -2.31. The van der Waals surface area contributed by atoms with E-state index in [2.05, 4.69) is 49.4 Å². The van der Waals surface area contributed by atoms with Gasteiger partial charge >= 0.3 is 0 Å². The van der Waals surface area contributed by atoms with E-state index in [1.165, 1.54) is 43.2 Å². The van der Waals surface area contributed by atoms with Gasteiger partial charge in [-0.2, -0.15) is 0 Å². The smallest absolute Gasteiger partial charge is 0.123 e. The average Bonchev–Trinajstić information content (AvgIpc) is 3.00. The standard InChI is InChI=1S/C28H38O3/c1-20-10-15-26(17-21(16-20)19-29)31-28-9-4-3-8-27(28)23-13-11-22(12-14-23)24-6-5-7-25(18-24)30-2/h3-9,18,20-23,26,29H,10-17,19H2,1-2H3. The highest BCUT2D eigenvalue weighted by atomic mass is 16.5. The minimum absolute atomic E-state index is 0.219.